The second-order valence-electron chi connectivity index (χ2n) is 4.60. The lowest BCUT2D eigenvalue weighted by molar-refractivity contribution is 0.249. The van der Waals surface area contributed by atoms with Gasteiger partial charge in [0.2, 0.25) is 0 Å². The number of nitrogen functional groups attached to an aromatic ring is 1. The van der Waals surface area contributed by atoms with E-state index in [1.807, 2.05) is 18.3 Å². The molecule has 0 spiro atoms. The minimum Gasteiger partial charge on any atom is -0.396 e. The number of aliphatic hydroxyl groups is 1. The lowest BCUT2D eigenvalue weighted by Gasteiger charge is -2.15. The summed E-state index contributed by atoms with van der Waals surface area (Å²) >= 11 is 0. The smallest absolute Gasteiger partial charge is 0.139 e. The average molecular weight is 236 g/mol. The number of hydrogen-bond acceptors (Lipinski definition) is 5. The maximum absolute atomic E-state index is 8.91. The van der Waals surface area contributed by atoms with Crippen LogP contribution in [0.4, 0.5) is 5.82 Å². The number of rotatable bonds is 5. The monoisotopic (exact) mass is 236 g/mol. The largest absolute Gasteiger partial charge is 0.396 e. The second kappa shape index (κ2) is 5.95. The molecule has 1 aromatic heterocycles. The topological polar surface area (TPSA) is 74.4 Å². The van der Waals surface area contributed by atoms with E-state index in [0.717, 1.165) is 26.1 Å². The van der Waals surface area contributed by atoms with Crippen LogP contribution in [0.3, 0.4) is 0 Å². The zero-order valence-electron chi connectivity index (χ0n) is 9.97. The van der Waals surface area contributed by atoms with Gasteiger partial charge in [0.1, 0.15) is 5.82 Å². The Labute approximate surface area is 102 Å². The van der Waals surface area contributed by atoms with Gasteiger partial charge >= 0.3 is 0 Å². The normalized spacial score (nSPS) is 20.7. The Balaban J connectivity index is 1.84. The van der Waals surface area contributed by atoms with Crippen molar-refractivity contribution in [3.8, 4) is 0 Å². The maximum Gasteiger partial charge on any atom is 0.139 e. The molecule has 94 valence electrons. The van der Waals surface area contributed by atoms with Crippen molar-refractivity contribution in [3.63, 3.8) is 0 Å². The zero-order valence-corrected chi connectivity index (χ0v) is 9.97. The summed E-state index contributed by atoms with van der Waals surface area (Å²) in [5.41, 5.74) is 3.72. The van der Waals surface area contributed by atoms with E-state index in [9.17, 15) is 0 Å². The molecule has 1 unspecified atom stereocenters. The molecule has 0 radical (unpaired) electrons. The fraction of sp³-hybridized carbons (Fsp3) is 0.583. The number of aromatic nitrogens is 1. The lowest BCUT2D eigenvalue weighted by atomic mass is 10.1. The first-order chi connectivity index (χ1) is 8.31. The molecular formula is C12H20N4O. The van der Waals surface area contributed by atoms with Crippen molar-refractivity contribution in [1.29, 1.82) is 0 Å². The van der Waals surface area contributed by atoms with Crippen molar-refractivity contribution in [2.24, 2.45) is 11.8 Å². The number of pyridine rings is 1. The highest BCUT2D eigenvalue weighted by atomic mass is 16.3. The van der Waals surface area contributed by atoms with Crippen LogP contribution < -0.4 is 11.3 Å². The first-order valence-electron chi connectivity index (χ1n) is 6.06. The van der Waals surface area contributed by atoms with Crippen molar-refractivity contribution in [2.45, 2.75) is 19.4 Å². The summed E-state index contributed by atoms with van der Waals surface area (Å²) in [6, 6.07) is 3.93. The average Bonchev–Trinajstić information content (AvgIpc) is 2.78. The van der Waals surface area contributed by atoms with Crippen LogP contribution >= 0.6 is 0 Å². The van der Waals surface area contributed by atoms with Crippen molar-refractivity contribution >= 4 is 5.82 Å². The van der Waals surface area contributed by atoms with Gasteiger partial charge < -0.3 is 10.5 Å². The van der Waals surface area contributed by atoms with Crippen LogP contribution in [0.5, 0.6) is 0 Å². The molecule has 0 saturated carbocycles. The van der Waals surface area contributed by atoms with Gasteiger partial charge in [-0.2, -0.15) is 0 Å². The minimum atomic E-state index is 0.303. The number of likely N-dealkylation sites (tertiary alicyclic amines) is 1. The Morgan fingerprint density at radius 1 is 1.53 bits per heavy atom. The van der Waals surface area contributed by atoms with Crippen molar-refractivity contribution in [3.05, 3.63) is 23.9 Å². The SMILES string of the molecule is NNc1ccc(CN2CCC(CCO)C2)cn1. The highest BCUT2D eigenvalue weighted by Gasteiger charge is 2.21. The lowest BCUT2D eigenvalue weighted by Crippen LogP contribution is -2.20. The highest BCUT2D eigenvalue weighted by molar-refractivity contribution is 5.33. The van der Waals surface area contributed by atoms with E-state index in [1.165, 1.54) is 12.0 Å². The van der Waals surface area contributed by atoms with Gasteiger partial charge in [-0.25, -0.2) is 10.8 Å². The molecule has 1 fully saturated rings. The Morgan fingerprint density at radius 2 is 2.41 bits per heavy atom. The third kappa shape index (κ3) is 3.39. The Bertz CT molecular complexity index is 341. The number of aliphatic hydroxyl groups excluding tert-OH is 1. The van der Waals surface area contributed by atoms with E-state index in [0.29, 0.717) is 18.3 Å². The van der Waals surface area contributed by atoms with Gasteiger partial charge in [-0.3, -0.25) is 4.90 Å². The number of nitrogens with zero attached hydrogens (tertiary/aromatic N) is 2. The van der Waals surface area contributed by atoms with Crippen LogP contribution in [0.25, 0.3) is 0 Å². The summed E-state index contributed by atoms with van der Waals surface area (Å²) in [4.78, 5) is 6.60. The van der Waals surface area contributed by atoms with Gasteiger partial charge in [0.05, 0.1) is 0 Å². The van der Waals surface area contributed by atoms with Gasteiger partial charge in [-0.1, -0.05) is 6.07 Å². The Kier molecular flexibility index (Phi) is 4.30. The number of nitrogens with one attached hydrogen (secondary N) is 1. The highest BCUT2D eigenvalue weighted by Crippen LogP contribution is 2.21. The molecule has 1 saturated heterocycles. The Morgan fingerprint density at radius 3 is 3.06 bits per heavy atom. The first kappa shape index (κ1) is 12.3. The third-order valence-electron chi connectivity index (χ3n) is 3.29. The zero-order chi connectivity index (χ0) is 12.1. The molecule has 2 rings (SSSR count). The van der Waals surface area contributed by atoms with E-state index in [2.05, 4.69) is 15.3 Å². The summed E-state index contributed by atoms with van der Waals surface area (Å²) < 4.78 is 0. The van der Waals surface area contributed by atoms with Crippen molar-refractivity contribution in [1.82, 2.24) is 9.88 Å². The molecule has 0 bridgehead atoms. The molecular weight excluding hydrogens is 216 g/mol. The molecule has 0 aliphatic carbocycles. The maximum atomic E-state index is 8.91. The summed E-state index contributed by atoms with van der Waals surface area (Å²) in [7, 11) is 0. The standard InChI is InChI=1S/C12H20N4O/c13-15-12-2-1-11(7-14-12)9-16-5-3-10(8-16)4-6-17/h1-2,7,10,17H,3-6,8-9,13H2,(H,14,15). The number of anilines is 1. The van der Waals surface area contributed by atoms with Crippen LogP contribution in [-0.4, -0.2) is 34.7 Å². The number of hydrazine groups is 1. The molecule has 1 atom stereocenters. The first-order valence-corrected chi connectivity index (χ1v) is 6.06. The molecule has 0 amide bonds. The second-order valence-corrected chi connectivity index (χ2v) is 4.60. The van der Waals surface area contributed by atoms with Gasteiger partial charge in [-0.15, -0.1) is 0 Å². The molecule has 1 aliphatic heterocycles. The quantitative estimate of drug-likeness (QED) is 0.515. The molecule has 4 N–H and O–H groups in total. The minimum absolute atomic E-state index is 0.303. The van der Waals surface area contributed by atoms with Gasteiger partial charge in [-0.05, 0) is 36.9 Å². The number of nitrogens with two attached hydrogens (primary N) is 1. The molecule has 5 heteroatoms. The van der Waals surface area contributed by atoms with E-state index in [1.54, 1.807) is 0 Å². The fourth-order valence-corrected chi connectivity index (χ4v) is 2.34. The molecule has 1 aromatic rings. The third-order valence-corrected chi connectivity index (χ3v) is 3.29. The van der Waals surface area contributed by atoms with Crippen LogP contribution in [0.2, 0.25) is 0 Å². The number of hydrogen-bond donors (Lipinski definition) is 3. The van der Waals surface area contributed by atoms with Crippen LogP contribution in [0.1, 0.15) is 18.4 Å². The van der Waals surface area contributed by atoms with E-state index >= 15 is 0 Å². The molecule has 2 heterocycles. The van der Waals surface area contributed by atoms with Gasteiger partial charge in [0.15, 0.2) is 0 Å². The van der Waals surface area contributed by atoms with Crippen LogP contribution in [-0.2, 0) is 6.54 Å². The van der Waals surface area contributed by atoms with Gasteiger partial charge in [0.25, 0.3) is 0 Å². The van der Waals surface area contributed by atoms with E-state index in [4.69, 9.17) is 10.9 Å². The fourth-order valence-electron chi connectivity index (χ4n) is 2.34. The van der Waals surface area contributed by atoms with Crippen molar-refractivity contribution in [2.75, 3.05) is 25.1 Å². The summed E-state index contributed by atoms with van der Waals surface area (Å²) in [6.07, 6.45) is 3.97. The van der Waals surface area contributed by atoms with E-state index < -0.39 is 0 Å². The van der Waals surface area contributed by atoms with E-state index in [-0.39, 0.29) is 0 Å². The molecule has 1 aliphatic rings. The summed E-state index contributed by atoms with van der Waals surface area (Å²) in [5.74, 6) is 6.61. The molecule has 17 heavy (non-hydrogen) atoms. The van der Waals surface area contributed by atoms with Crippen LogP contribution in [0.15, 0.2) is 18.3 Å². The van der Waals surface area contributed by atoms with Crippen LogP contribution in [0, 0.1) is 5.92 Å². The Hall–Kier alpha value is -1.17. The van der Waals surface area contributed by atoms with Crippen molar-refractivity contribution < 1.29 is 5.11 Å². The summed E-state index contributed by atoms with van der Waals surface area (Å²) in [6.45, 7) is 3.43. The predicted molar refractivity (Wildman–Crippen MR) is 67.1 cm³/mol. The predicted octanol–water partition coefficient (Wildman–Crippen LogP) is 0.571. The molecule has 0 aromatic carbocycles. The molecule has 5 nitrogen and oxygen atoms in total. The van der Waals surface area contributed by atoms with Gasteiger partial charge in [0, 0.05) is 25.9 Å². The summed E-state index contributed by atoms with van der Waals surface area (Å²) in [5, 5.41) is 8.91.